The molecule has 0 aromatic heterocycles. The lowest BCUT2D eigenvalue weighted by molar-refractivity contribution is 0.0937. The van der Waals surface area contributed by atoms with E-state index in [1.807, 2.05) is 18.2 Å². The molecule has 0 aliphatic heterocycles. The molecule has 1 aliphatic rings. The van der Waals surface area contributed by atoms with Gasteiger partial charge in [0.2, 0.25) is 0 Å². The number of amides is 1. The molecule has 1 amide bonds. The quantitative estimate of drug-likeness (QED) is 0.832. The smallest absolute Gasteiger partial charge is 0.253 e. The highest BCUT2D eigenvalue weighted by molar-refractivity contribution is 6.00. The van der Waals surface area contributed by atoms with Gasteiger partial charge in [-0.05, 0) is 48.2 Å². The molecule has 1 unspecified atom stereocenters. The van der Waals surface area contributed by atoms with Crippen LogP contribution in [0.3, 0.4) is 0 Å². The van der Waals surface area contributed by atoms with Gasteiger partial charge in [-0.2, -0.15) is 0 Å². The summed E-state index contributed by atoms with van der Waals surface area (Å²) in [5, 5.41) is 3.07. The van der Waals surface area contributed by atoms with Gasteiger partial charge >= 0.3 is 0 Å². The second-order valence-electron chi connectivity index (χ2n) is 5.55. The van der Waals surface area contributed by atoms with E-state index in [4.69, 9.17) is 15.2 Å². The van der Waals surface area contributed by atoms with Crippen molar-refractivity contribution >= 4 is 24.0 Å². The van der Waals surface area contributed by atoms with Crippen molar-refractivity contribution in [3.63, 3.8) is 0 Å². The van der Waals surface area contributed by atoms with Crippen LogP contribution in [0.15, 0.2) is 36.4 Å². The highest BCUT2D eigenvalue weighted by Gasteiger charge is 2.25. The van der Waals surface area contributed by atoms with Crippen LogP contribution < -0.4 is 20.5 Å². The number of anilines is 1. The van der Waals surface area contributed by atoms with Crippen molar-refractivity contribution in [2.75, 3.05) is 20.0 Å². The molecule has 24 heavy (non-hydrogen) atoms. The summed E-state index contributed by atoms with van der Waals surface area (Å²) in [6, 6.07) is 11.2. The molecule has 128 valence electrons. The van der Waals surface area contributed by atoms with Gasteiger partial charge in [0.05, 0.1) is 31.5 Å². The standard InChI is InChI=1S/C18H20N2O3.ClH/c1-22-12-7-8-13-11(10-12)6-9-15(13)20-18(21)14-4-3-5-16(23-2)17(14)19;/h3-5,7-8,10,15H,6,9,19H2,1-2H3,(H,20,21);1H. The molecule has 0 bridgehead atoms. The molecular formula is C18H21ClN2O3. The molecule has 0 radical (unpaired) electrons. The summed E-state index contributed by atoms with van der Waals surface area (Å²) in [6.45, 7) is 0. The lowest BCUT2D eigenvalue weighted by Crippen LogP contribution is -2.27. The predicted octanol–water partition coefficient (Wildman–Crippen LogP) is 3.13. The molecule has 0 spiro atoms. The van der Waals surface area contributed by atoms with Crippen molar-refractivity contribution in [3.8, 4) is 11.5 Å². The van der Waals surface area contributed by atoms with Gasteiger partial charge in [0, 0.05) is 0 Å². The van der Waals surface area contributed by atoms with Crippen LogP contribution in [-0.4, -0.2) is 20.1 Å². The van der Waals surface area contributed by atoms with E-state index in [0.29, 0.717) is 17.0 Å². The van der Waals surface area contributed by atoms with Gasteiger partial charge < -0.3 is 20.5 Å². The van der Waals surface area contributed by atoms with Gasteiger partial charge in [-0.3, -0.25) is 4.79 Å². The zero-order valence-electron chi connectivity index (χ0n) is 13.7. The molecule has 1 atom stereocenters. The Kier molecular flexibility index (Phi) is 5.57. The van der Waals surface area contributed by atoms with Gasteiger partial charge in [-0.15, -0.1) is 12.4 Å². The number of nitrogens with two attached hydrogens (primary N) is 1. The lowest BCUT2D eigenvalue weighted by atomic mass is 10.1. The first kappa shape index (κ1) is 17.9. The van der Waals surface area contributed by atoms with E-state index in [1.165, 1.54) is 12.7 Å². The average molecular weight is 349 g/mol. The minimum Gasteiger partial charge on any atom is -0.497 e. The van der Waals surface area contributed by atoms with Crippen LogP contribution in [0, 0.1) is 0 Å². The summed E-state index contributed by atoms with van der Waals surface area (Å²) in [7, 11) is 3.19. The molecule has 6 heteroatoms. The van der Waals surface area contributed by atoms with Crippen molar-refractivity contribution in [1.82, 2.24) is 5.32 Å². The van der Waals surface area contributed by atoms with Crippen LogP contribution in [0.5, 0.6) is 11.5 Å². The van der Waals surface area contributed by atoms with Gasteiger partial charge in [0.1, 0.15) is 11.5 Å². The lowest BCUT2D eigenvalue weighted by Gasteiger charge is -2.16. The Morgan fingerprint density at radius 1 is 1.21 bits per heavy atom. The number of aryl methyl sites for hydroxylation is 1. The maximum absolute atomic E-state index is 12.6. The van der Waals surface area contributed by atoms with Crippen molar-refractivity contribution < 1.29 is 14.3 Å². The Labute approximate surface area is 147 Å². The number of carbonyl (C=O) groups excluding carboxylic acids is 1. The van der Waals surface area contributed by atoms with Crippen LogP contribution in [0.2, 0.25) is 0 Å². The molecule has 3 rings (SSSR count). The summed E-state index contributed by atoms with van der Waals surface area (Å²) >= 11 is 0. The third kappa shape index (κ3) is 3.26. The highest BCUT2D eigenvalue weighted by Crippen LogP contribution is 2.34. The largest absolute Gasteiger partial charge is 0.497 e. The number of hydrogen-bond donors (Lipinski definition) is 2. The SMILES string of the molecule is COc1ccc2c(c1)CCC2NC(=O)c1cccc(OC)c1N.Cl. The Morgan fingerprint density at radius 3 is 2.71 bits per heavy atom. The summed E-state index contributed by atoms with van der Waals surface area (Å²) in [4.78, 5) is 12.6. The number of nitrogens with one attached hydrogen (secondary N) is 1. The summed E-state index contributed by atoms with van der Waals surface area (Å²) in [5.41, 5.74) is 9.15. The number of fused-ring (bicyclic) bond motifs is 1. The number of benzene rings is 2. The molecule has 0 saturated heterocycles. The van der Waals surface area contributed by atoms with Crippen LogP contribution in [-0.2, 0) is 6.42 Å². The van der Waals surface area contributed by atoms with Crippen molar-refractivity contribution in [2.24, 2.45) is 0 Å². The molecule has 0 fully saturated rings. The molecule has 2 aromatic rings. The average Bonchev–Trinajstić information content (AvgIpc) is 2.97. The van der Waals surface area contributed by atoms with Crippen LogP contribution in [0.4, 0.5) is 5.69 Å². The second-order valence-corrected chi connectivity index (χ2v) is 5.55. The highest BCUT2D eigenvalue weighted by atomic mass is 35.5. The maximum atomic E-state index is 12.6. The second kappa shape index (κ2) is 7.45. The van der Waals surface area contributed by atoms with E-state index in [9.17, 15) is 4.79 Å². The Hall–Kier alpha value is -2.40. The van der Waals surface area contributed by atoms with Gasteiger partial charge in [0.25, 0.3) is 5.91 Å². The predicted molar refractivity (Wildman–Crippen MR) is 96.2 cm³/mol. The monoisotopic (exact) mass is 348 g/mol. The molecule has 3 N–H and O–H groups in total. The van der Waals surface area contributed by atoms with Crippen molar-refractivity contribution in [3.05, 3.63) is 53.1 Å². The summed E-state index contributed by atoms with van der Waals surface area (Å²) in [5.74, 6) is 1.16. The van der Waals surface area contributed by atoms with Crippen LogP contribution >= 0.6 is 12.4 Å². The fourth-order valence-electron chi connectivity index (χ4n) is 3.03. The summed E-state index contributed by atoms with van der Waals surface area (Å²) in [6.07, 6.45) is 1.79. The molecule has 0 heterocycles. The first-order chi connectivity index (χ1) is 11.1. The number of nitrogen functional groups attached to an aromatic ring is 1. The molecule has 1 aliphatic carbocycles. The number of hydrogen-bond acceptors (Lipinski definition) is 4. The van der Waals surface area contributed by atoms with E-state index in [1.54, 1.807) is 25.3 Å². The Morgan fingerprint density at radius 2 is 2.00 bits per heavy atom. The van der Waals surface area contributed by atoms with Gasteiger partial charge in [-0.1, -0.05) is 12.1 Å². The topological polar surface area (TPSA) is 73.6 Å². The first-order valence-corrected chi connectivity index (χ1v) is 7.54. The van der Waals surface area contributed by atoms with E-state index in [2.05, 4.69) is 5.32 Å². The fourth-order valence-corrected chi connectivity index (χ4v) is 3.03. The van der Waals surface area contributed by atoms with Crippen molar-refractivity contribution in [1.29, 1.82) is 0 Å². The normalized spacial score (nSPS) is 15.2. The zero-order chi connectivity index (χ0) is 16.4. The van der Waals surface area contributed by atoms with E-state index in [0.717, 1.165) is 24.2 Å². The number of para-hydroxylation sites is 1. The zero-order valence-corrected chi connectivity index (χ0v) is 14.5. The van der Waals surface area contributed by atoms with Gasteiger partial charge in [-0.25, -0.2) is 0 Å². The van der Waals surface area contributed by atoms with Crippen molar-refractivity contribution in [2.45, 2.75) is 18.9 Å². The number of ether oxygens (including phenoxy) is 2. The van der Waals surface area contributed by atoms with E-state index in [-0.39, 0.29) is 24.4 Å². The molecular weight excluding hydrogens is 328 g/mol. The Balaban J connectivity index is 0.00000208. The molecule has 0 saturated carbocycles. The first-order valence-electron chi connectivity index (χ1n) is 7.54. The van der Waals surface area contributed by atoms with Crippen LogP contribution in [0.25, 0.3) is 0 Å². The van der Waals surface area contributed by atoms with Crippen LogP contribution in [0.1, 0.15) is 33.9 Å². The third-order valence-electron chi connectivity index (χ3n) is 4.26. The Bertz CT molecular complexity index is 749. The van der Waals surface area contributed by atoms with Gasteiger partial charge in [0.15, 0.2) is 0 Å². The minimum absolute atomic E-state index is 0. The number of halogens is 1. The number of methoxy groups -OCH3 is 2. The van der Waals surface area contributed by atoms with E-state index >= 15 is 0 Å². The number of carbonyl (C=O) groups is 1. The van der Waals surface area contributed by atoms with E-state index < -0.39 is 0 Å². The maximum Gasteiger partial charge on any atom is 0.253 e. The third-order valence-corrected chi connectivity index (χ3v) is 4.26. The molecule has 5 nitrogen and oxygen atoms in total. The summed E-state index contributed by atoms with van der Waals surface area (Å²) < 4.78 is 10.4. The number of rotatable bonds is 4. The minimum atomic E-state index is -0.185. The molecule has 2 aromatic carbocycles. The fraction of sp³-hybridized carbons (Fsp3) is 0.278.